The monoisotopic (exact) mass is 322 g/mol. The summed E-state index contributed by atoms with van der Waals surface area (Å²) >= 11 is 0. The molecule has 1 saturated heterocycles. The van der Waals surface area contributed by atoms with Gasteiger partial charge in [0.2, 0.25) is 0 Å². The number of carboxylic acids is 1. The molecule has 124 valence electrons. The van der Waals surface area contributed by atoms with Crippen LogP contribution in [0.5, 0.6) is 0 Å². The van der Waals surface area contributed by atoms with E-state index < -0.39 is 12.1 Å². The van der Waals surface area contributed by atoms with Gasteiger partial charge in [0.15, 0.2) is 0 Å². The van der Waals surface area contributed by atoms with Crippen molar-refractivity contribution in [2.45, 2.75) is 25.1 Å². The molecule has 1 heterocycles. The number of hydrogen-bond acceptors (Lipinski definition) is 3. The molecule has 0 saturated carbocycles. The van der Waals surface area contributed by atoms with Crippen molar-refractivity contribution in [1.29, 1.82) is 0 Å². The largest absolute Gasteiger partial charge is 0.490 e. The molecule has 1 fully saturated rings. The number of carboxylic acid groups (broad SMARTS) is 1. The lowest BCUT2D eigenvalue weighted by Gasteiger charge is -2.20. The Hall–Kier alpha value is -1.67. The second kappa shape index (κ2) is 8.09. The number of halogens is 4. The Kier molecular flexibility index (Phi) is 6.76. The Labute approximate surface area is 125 Å². The van der Waals surface area contributed by atoms with Crippen molar-refractivity contribution in [2.24, 2.45) is 5.73 Å². The number of benzene rings is 1. The van der Waals surface area contributed by atoms with Crippen molar-refractivity contribution in [3.63, 3.8) is 0 Å². The van der Waals surface area contributed by atoms with Crippen LogP contribution in [0.25, 0.3) is 0 Å². The minimum Gasteiger partial charge on any atom is -0.475 e. The van der Waals surface area contributed by atoms with Gasteiger partial charge in [0.1, 0.15) is 5.82 Å². The molecule has 0 bridgehead atoms. The number of alkyl halides is 3. The van der Waals surface area contributed by atoms with Crippen LogP contribution in [-0.2, 0) is 4.79 Å². The fourth-order valence-electron chi connectivity index (χ4n) is 2.06. The van der Waals surface area contributed by atoms with Crippen LogP contribution >= 0.6 is 0 Å². The van der Waals surface area contributed by atoms with E-state index >= 15 is 0 Å². The third-order valence-electron chi connectivity index (χ3n) is 3.19. The highest BCUT2D eigenvalue weighted by molar-refractivity contribution is 5.73. The molecule has 4 nitrogen and oxygen atoms in total. The number of hydrogen-bond donors (Lipinski definition) is 2. The van der Waals surface area contributed by atoms with Gasteiger partial charge in [0.05, 0.1) is 0 Å². The first-order chi connectivity index (χ1) is 10.2. The molecule has 0 amide bonds. The number of nitrogens with two attached hydrogens (primary N) is 1. The van der Waals surface area contributed by atoms with Crippen molar-refractivity contribution < 1.29 is 27.5 Å². The highest BCUT2D eigenvalue weighted by Crippen LogP contribution is 2.16. The zero-order chi connectivity index (χ0) is 16.8. The summed E-state index contributed by atoms with van der Waals surface area (Å²) in [5.74, 6) is -2.96. The minimum absolute atomic E-state index is 0.00343. The highest BCUT2D eigenvalue weighted by atomic mass is 19.4. The Morgan fingerprint density at radius 2 is 1.68 bits per heavy atom. The van der Waals surface area contributed by atoms with Gasteiger partial charge in [-0.25, -0.2) is 9.18 Å². The van der Waals surface area contributed by atoms with Gasteiger partial charge in [0.25, 0.3) is 0 Å². The number of rotatable bonds is 3. The first-order valence-electron chi connectivity index (χ1n) is 6.73. The van der Waals surface area contributed by atoms with E-state index in [9.17, 15) is 17.6 Å². The van der Waals surface area contributed by atoms with Crippen LogP contribution in [0.15, 0.2) is 24.3 Å². The smallest absolute Gasteiger partial charge is 0.475 e. The topological polar surface area (TPSA) is 66.6 Å². The number of carbonyl (C=O) groups is 1. The van der Waals surface area contributed by atoms with Gasteiger partial charge in [-0.1, -0.05) is 12.1 Å². The van der Waals surface area contributed by atoms with Crippen LogP contribution in [0.4, 0.5) is 17.6 Å². The predicted octanol–water partition coefficient (Wildman–Crippen LogP) is 2.55. The average Bonchev–Trinajstić information content (AvgIpc) is 2.92. The van der Waals surface area contributed by atoms with Gasteiger partial charge >= 0.3 is 12.1 Å². The average molecular weight is 322 g/mol. The molecule has 1 atom stereocenters. The standard InChI is InChI=1S/C12H17FN2.C2HF3O2/c13-11-5-3-10(4-6-11)12(14)9-15-7-1-2-8-15;3-2(4,5)1(6)7/h3-6,12H,1-2,7-9,14H2;(H,6,7)/t12-;/m1./s1. The molecule has 0 spiro atoms. The van der Waals surface area contributed by atoms with E-state index in [2.05, 4.69) is 4.90 Å². The molecule has 0 aliphatic carbocycles. The Morgan fingerprint density at radius 1 is 1.23 bits per heavy atom. The molecule has 3 N–H and O–H groups in total. The van der Waals surface area contributed by atoms with Gasteiger partial charge in [-0.3, -0.25) is 0 Å². The Balaban J connectivity index is 0.000000295. The fourth-order valence-corrected chi connectivity index (χ4v) is 2.06. The molecule has 0 aromatic heterocycles. The molecular formula is C14H18F4N2O2. The number of likely N-dealkylation sites (tertiary alicyclic amines) is 1. The quantitative estimate of drug-likeness (QED) is 0.840. The molecule has 22 heavy (non-hydrogen) atoms. The van der Waals surface area contributed by atoms with E-state index in [1.54, 1.807) is 12.1 Å². The third-order valence-corrected chi connectivity index (χ3v) is 3.19. The molecule has 8 heteroatoms. The third kappa shape index (κ3) is 6.40. The summed E-state index contributed by atoms with van der Waals surface area (Å²) < 4.78 is 44.4. The van der Waals surface area contributed by atoms with E-state index in [1.807, 2.05) is 0 Å². The molecule has 1 aromatic carbocycles. The van der Waals surface area contributed by atoms with Crippen LogP contribution < -0.4 is 5.73 Å². The number of nitrogens with zero attached hydrogens (tertiary/aromatic N) is 1. The van der Waals surface area contributed by atoms with Crippen LogP contribution in [0.3, 0.4) is 0 Å². The molecule has 2 rings (SSSR count). The lowest BCUT2D eigenvalue weighted by molar-refractivity contribution is -0.192. The summed E-state index contributed by atoms with van der Waals surface area (Å²) in [6.07, 6.45) is -2.54. The van der Waals surface area contributed by atoms with Crippen molar-refractivity contribution in [3.8, 4) is 0 Å². The maximum absolute atomic E-state index is 12.7. The number of aliphatic carboxylic acids is 1. The summed E-state index contributed by atoms with van der Waals surface area (Å²) in [5, 5.41) is 7.12. The summed E-state index contributed by atoms with van der Waals surface area (Å²) in [6.45, 7) is 3.18. The van der Waals surface area contributed by atoms with Gasteiger partial charge < -0.3 is 15.7 Å². The minimum atomic E-state index is -5.08. The van der Waals surface area contributed by atoms with E-state index in [4.69, 9.17) is 15.6 Å². The summed E-state index contributed by atoms with van der Waals surface area (Å²) in [7, 11) is 0. The van der Waals surface area contributed by atoms with E-state index in [0.29, 0.717) is 0 Å². The molecule has 1 aromatic rings. The van der Waals surface area contributed by atoms with Crippen molar-refractivity contribution >= 4 is 5.97 Å². The van der Waals surface area contributed by atoms with Crippen molar-refractivity contribution in [1.82, 2.24) is 4.90 Å². The second-order valence-corrected chi connectivity index (χ2v) is 4.97. The second-order valence-electron chi connectivity index (χ2n) is 4.97. The maximum Gasteiger partial charge on any atom is 0.490 e. The fraction of sp³-hybridized carbons (Fsp3) is 0.500. The van der Waals surface area contributed by atoms with Gasteiger partial charge in [-0.2, -0.15) is 13.2 Å². The zero-order valence-corrected chi connectivity index (χ0v) is 11.8. The molecule has 0 radical (unpaired) electrons. The lowest BCUT2D eigenvalue weighted by atomic mass is 10.1. The maximum atomic E-state index is 12.7. The summed E-state index contributed by atoms with van der Waals surface area (Å²) in [5.41, 5.74) is 7.08. The van der Waals surface area contributed by atoms with Crippen molar-refractivity contribution in [3.05, 3.63) is 35.6 Å². The zero-order valence-electron chi connectivity index (χ0n) is 11.8. The van der Waals surface area contributed by atoms with Crippen LogP contribution in [0, 0.1) is 5.82 Å². The molecule has 0 unspecified atom stereocenters. The molecule has 1 aliphatic heterocycles. The van der Waals surface area contributed by atoms with Gasteiger partial charge in [-0.15, -0.1) is 0 Å². The molecular weight excluding hydrogens is 304 g/mol. The van der Waals surface area contributed by atoms with E-state index in [-0.39, 0.29) is 11.9 Å². The SMILES string of the molecule is N[C@H](CN1CCCC1)c1ccc(F)cc1.O=C(O)C(F)(F)F. The van der Waals surface area contributed by atoms with E-state index in [1.165, 1.54) is 25.0 Å². The summed E-state index contributed by atoms with van der Waals surface area (Å²) in [4.78, 5) is 11.3. The van der Waals surface area contributed by atoms with E-state index in [0.717, 1.165) is 25.2 Å². The first kappa shape index (κ1) is 18.4. The normalized spacial score (nSPS) is 16.8. The Bertz CT molecular complexity index is 471. The first-order valence-corrected chi connectivity index (χ1v) is 6.73. The Morgan fingerprint density at radius 3 is 2.09 bits per heavy atom. The van der Waals surface area contributed by atoms with Crippen molar-refractivity contribution in [2.75, 3.05) is 19.6 Å². The summed E-state index contributed by atoms with van der Waals surface area (Å²) in [6, 6.07) is 6.49. The van der Waals surface area contributed by atoms with Gasteiger partial charge in [0, 0.05) is 12.6 Å². The van der Waals surface area contributed by atoms with Crippen LogP contribution in [0.2, 0.25) is 0 Å². The van der Waals surface area contributed by atoms with Gasteiger partial charge in [-0.05, 0) is 43.6 Å². The predicted molar refractivity (Wildman–Crippen MR) is 72.7 cm³/mol. The van der Waals surface area contributed by atoms with Crippen LogP contribution in [-0.4, -0.2) is 41.8 Å². The lowest BCUT2D eigenvalue weighted by Crippen LogP contribution is -2.29. The van der Waals surface area contributed by atoms with Crippen LogP contribution in [0.1, 0.15) is 24.4 Å². The molecule has 1 aliphatic rings. The highest BCUT2D eigenvalue weighted by Gasteiger charge is 2.38.